The molecule has 1 saturated carbocycles. The summed E-state index contributed by atoms with van der Waals surface area (Å²) in [4.78, 5) is 0. The second kappa shape index (κ2) is 3.73. The largest absolute Gasteiger partial charge is 0.379 e. The number of benzene rings is 1. The molecule has 2 fully saturated rings. The Balaban J connectivity index is 2.10. The first-order chi connectivity index (χ1) is 8.24. The van der Waals surface area contributed by atoms with E-state index in [1.165, 1.54) is 0 Å². The molecule has 2 aliphatic rings. The van der Waals surface area contributed by atoms with Gasteiger partial charge in [-0.25, -0.2) is 0 Å². The molecule has 0 aromatic heterocycles. The van der Waals surface area contributed by atoms with Gasteiger partial charge in [0.2, 0.25) is 0 Å². The fourth-order valence-electron chi connectivity index (χ4n) is 3.07. The predicted molar refractivity (Wildman–Crippen MR) is 65.8 cm³/mol. The van der Waals surface area contributed by atoms with Gasteiger partial charge in [0, 0.05) is 5.02 Å². The lowest BCUT2D eigenvalue weighted by atomic mass is 9.50. The molecule has 0 N–H and O–H groups in total. The molecule has 0 radical (unpaired) electrons. The van der Waals surface area contributed by atoms with Crippen LogP contribution in [-0.2, 0) is 10.2 Å². The summed E-state index contributed by atoms with van der Waals surface area (Å²) in [5, 5.41) is 10.3. The maximum atomic E-state index is 9.54. The van der Waals surface area contributed by atoms with Crippen LogP contribution in [0.1, 0.15) is 24.8 Å². The molecule has 0 atom stereocenters. The normalized spacial score (nSPS) is 24.2. The maximum Gasteiger partial charge on any atom is 0.0715 e. The van der Waals surface area contributed by atoms with Crippen molar-refractivity contribution in [2.75, 3.05) is 13.2 Å². The summed E-state index contributed by atoms with van der Waals surface area (Å²) in [5.74, 6) is 0. The molecule has 17 heavy (non-hydrogen) atoms. The van der Waals surface area contributed by atoms with E-state index in [9.17, 15) is 5.26 Å². The molecule has 0 spiro atoms. The molecule has 0 amide bonds. The van der Waals surface area contributed by atoms with Crippen molar-refractivity contribution in [2.24, 2.45) is 5.41 Å². The Kier molecular flexibility index (Phi) is 2.43. The summed E-state index contributed by atoms with van der Waals surface area (Å²) in [5.41, 5.74) is 0.670. The summed E-state index contributed by atoms with van der Waals surface area (Å²) in [6.45, 7) is 1.26. The standard InChI is InChI=1S/C14H14ClNO/c15-12-5-2-1-4-11(12)14(9-17-10-14)13(8-16)6-3-7-13/h1-2,4-5H,3,6-7,9-10H2. The van der Waals surface area contributed by atoms with Gasteiger partial charge in [-0.2, -0.15) is 5.26 Å². The molecule has 1 aromatic carbocycles. The van der Waals surface area contributed by atoms with Crippen molar-refractivity contribution in [2.45, 2.75) is 24.7 Å². The lowest BCUT2D eigenvalue weighted by Gasteiger charge is -2.56. The number of ether oxygens (including phenoxy) is 1. The van der Waals surface area contributed by atoms with Gasteiger partial charge in [0.15, 0.2) is 0 Å². The van der Waals surface area contributed by atoms with E-state index in [1.807, 2.05) is 24.3 Å². The van der Waals surface area contributed by atoms with Crippen LogP contribution in [0.5, 0.6) is 0 Å². The Morgan fingerprint density at radius 3 is 2.35 bits per heavy atom. The Hall–Kier alpha value is -1.04. The van der Waals surface area contributed by atoms with E-state index < -0.39 is 0 Å². The summed E-state index contributed by atoms with van der Waals surface area (Å²) in [6, 6.07) is 10.4. The van der Waals surface area contributed by atoms with Crippen LogP contribution >= 0.6 is 11.6 Å². The zero-order valence-electron chi connectivity index (χ0n) is 9.58. The quantitative estimate of drug-likeness (QED) is 0.803. The van der Waals surface area contributed by atoms with Gasteiger partial charge in [-0.05, 0) is 24.5 Å². The third-order valence-electron chi connectivity index (χ3n) is 4.42. The molecule has 3 rings (SSSR count). The number of hydrogen-bond donors (Lipinski definition) is 0. The van der Waals surface area contributed by atoms with Crippen molar-refractivity contribution < 1.29 is 4.74 Å². The summed E-state index contributed by atoms with van der Waals surface area (Å²) < 4.78 is 5.42. The number of nitrogens with zero attached hydrogens (tertiary/aromatic N) is 1. The van der Waals surface area contributed by atoms with E-state index in [2.05, 4.69) is 6.07 Å². The molecule has 1 aromatic rings. The van der Waals surface area contributed by atoms with Gasteiger partial charge in [-0.1, -0.05) is 36.2 Å². The molecule has 3 heteroatoms. The molecule has 1 saturated heterocycles. The number of rotatable bonds is 2. The Morgan fingerprint density at radius 1 is 1.24 bits per heavy atom. The number of nitriles is 1. The highest BCUT2D eigenvalue weighted by atomic mass is 35.5. The third-order valence-corrected chi connectivity index (χ3v) is 4.75. The Morgan fingerprint density at radius 2 is 1.94 bits per heavy atom. The van der Waals surface area contributed by atoms with Crippen LogP contribution in [0.15, 0.2) is 24.3 Å². The summed E-state index contributed by atoms with van der Waals surface area (Å²) in [7, 11) is 0. The molecule has 1 aliphatic heterocycles. The van der Waals surface area contributed by atoms with Crippen LogP contribution in [0.4, 0.5) is 0 Å². The topological polar surface area (TPSA) is 33.0 Å². The molecular weight excluding hydrogens is 234 g/mol. The van der Waals surface area contributed by atoms with Gasteiger partial charge in [0.25, 0.3) is 0 Å². The zero-order chi connectivity index (χ0) is 11.9. The highest BCUT2D eigenvalue weighted by Crippen LogP contribution is 2.58. The van der Waals surface area contributed by atoms with Crippen molar-refractivity contribution in [1.82, 2.24) is 0 Å². The van der Waals surface area contributed by atoms with Gasteiger partial charge < -0.3 is 4.74 Å². The predicted octanol–water partition coefficient (Wildman–Crippen LogP) is 3.30. The number of hydrogen-bond acceptors (Lipinski definition) is 2. The Labute approximate surface area is 106 Å². The molecule has 1 aliphatic carbocycles. The molecule has 2 nitrogen and oxygen atoms in total. The summed E-state index contributed by atoms with van der Waals surface area (Å²) >= 11 is 6.30. The van der Waals surface area contributed by atoms with Crippen molar-refractivity contribution in [1.29, 1.82) is 5.26 Å². The van der Waals surface area contributed by atoms with Gasteiger partial charge in [0.05, 0.1) is 30.1 Å². The fourth-order valence-corrected chi connectivity index (χ4v) is 3.39. The SMILES string of the molecule is N#CC1(C2(c3ccccc3Cl)COC2)CCC1. The molecule has 1 heterocycles. The molecule has 0 bridgehead atoms. The first-order valence-electron chi connectivity index (χ1n) is 5.98. The second-order valence-corrected chi connectivity index (χ2v) is 5.51. The van der Waals surface area contributed by atoms with Crippen LogP contribution in [0.3, 0.4) is 0 Å². The van der Waals surface area contributed by atoms with Gasteiger partial charge in [-0.3, -0.25) is 0 Å². The lowest BCUT2D eigenvalue weighted by Crippen LogP contribution is -2.61. The van der Waals surface area contributed by atoms with Crippen LogP contribution < -0.4 is 0 Å². The van der Waals surface area contributed by atoms with Crippen LogP contribution in [-0.4, -0.2) is 13.2 Å². The van der Waals surface area contributed by atoms with E-state index in [4.69, 9.17) is 16.3 Å². The second-order valence-electron chi connectivity index (χ2n) is 5.10. The van der Waals surface area contributed by atoms with Crippen LogP contribution in [0.2, 0.25) is 5.02 Å². The minimum Gasteiger partial charge on any atom is -0.379 e. The van der Waals surface area contributed by atoms with Crippen LogP contribution in [0.25, 0.3) is 0 Å². The average molecular weight is 248 g/mol. The van der Waals surface area contributed by atoms with E-state index >= 15 is 0 Å². The van der Waals surface area contributed by atoms with Crippen molar-refractivity contribution in [3.8, 4) is 6.07 Å². The summed E-state index contributed by atoms with van der Waals surface area (Å²) in [6.07, 6.45) is 3.08. The van der Waals surface area contributed by atoms with Gasteiger partial charge >= 0.3 is 0 Å². The van der Waals surface area contributed by atoms with Crippen LogP contribution in [0, 0.1) is 16.7 Å². The fraction of sp³-hybridized carbons (Fsp3) is 0.500. The third kappa shape index (κ3) is 1.30. The highest BCUT2D eigenvalue weighted by Gasteiger charge is 2.61. The van der Waals surface area contributed by atoms with E-state index in [1.54, 1.807) is 0 Å². The zero-order valence-corrected chi connectivity index (χ0v) is 10.3. The Bertz CT molecular complexity index is 483. The first-order valence-corrected chi connectivity index (χ1v) is 6.36. The van der Waals surface area contributed by atoms with Crippen molar-refractivity contribution in [3.63, 3.8) is 0 Å². The molecular formula is C14H14ClNO. The molecule has 0 unspecified atom stereocenters. The molecule has 88 valence electrons. The average Bonchev–Trinajstić information content (AvgIpc) is 2.22. The van der Waals surface area contributed by atoms with E-state index in [0.29, 0.717) is 13.2 Å². The van der Waals surface area contributed by atoms with E-state index in [0.717, 1.165) is 29.8 Å². The number of halogens is 1. The van der Waals surface area contributed by atoms with Gasteiger partial charge in [0.1, 0.15) is 0 Å². The minimum atomic E-state index is -0.254. The first kappa shape index (κ1) is 11.1. The lowest BCUT2D eigenvalue weighted by molar-refractivity contribution is -0.134. The minimum absolute atomic E-state index is 0.168. The monoisotopic (exact) mass is 247 g/mol. The highest BCUT2D eigenvalue weighted by molar-refractivity contribution is 6.31. The van der Waals surface area contributed by atoms with Crippen molar-refractivity contribution in [3.05, 3.63) is 34.9 Å². The smallest absolute Gasteiger partial charge is 0.0715 e. The maximum absolute atomic E-state index is 9.54. The van der Waals surface area contributed by atoms with Crippen molar-refractivity contribution >= 4 is 11.6 Å². The van der Waals surface area contributed by atoms with Gasteiger partial charge in [-0.15, -0.1) is 0 Å². The van der Waals surface area contributed by atoms with E-state index in [-0.39, 0.29) is 10.8 Å².